The van der Waals surface area contributed by atoms with Crippen molar-refractivity contribution in [2.45, 2.75) is 6.54 Å². The Hall–Kier alpha value is -1.85. The maximum absolute atomic E-state index is 11.8. The molecule has 0 aromatic heterocycles. The highest BCUT2D eigenvalue weighted by molar-refractivity contribution is 9.10. The zero-order valence-corrected chi connectivity index (χ0v) is 12.4. The van der Waals surface area contributed by atoms with Gasteiger partial charge in [-0.3, -0.25) is 4.79 Å². The van der Waals surface area contributed by atoms with E-state index in [1.807, 2.05) is 42.5 Å². The van der Waals surface area contributed by atoms with Crippen LogP contribution in [0.5, 0.6) is 5.75 Å². The van der Waals surface area contributed by atoms with E-state index in [0.717, 1.165) is 15.7 Å². The first kappa shape index (κ1) is 14.6. The molecule has 0 atom stereocenters. The number of ether oxygens (including phenoxy) is 1. The molecule has 0 aliphatic heterocycles. The molecule has 0 aliphatic carbocycles. The predicted molar refractivity (Wildman–Crippen MR) is 82.6 cm³/mol. The number of nitrogens with two attached hydrogens (primary N) is 1. The molecule has 0 fully saturated rings. The van der Waals surface area contributed by atoms with Crippen molar-refractivity contribution in [3.63, 3.8) is 0 Å². The van der Waals surface area contributed by atoms with Gasteiger partial charge in [-0.15, -0.1) is 0 Å². The third-order valence-electron chi connectivity index (χ3n) is 2.66. The van der Waals surface area contributed by atoms with Crippen LogP contribution >= 0.6 is 15.9 Å². The molecule has 0 radical (unpaired) electrons. The van der Waals surface area contributed by atoms with Gasteiger partial charge in [0.15, 0.2) is 6.61 Å². The van der Waals surface area contributed by atoms with Crippen LogP contribution in [-0.2, 0) is 11.3 Å². The molecule has 0 unspecified atom stereocenters. The number of halogens is 1. The summed E-state index contributed by atoms with van der Waals surface area (Å²) in [5.74, 6) is 0.418. The minimum atomic E-state index is -0.206. The van der Waals surface area contributed by atoms with Crippen molar-refractivity contribution >= 4 is 27.5 Å². The van der Waals surface area contributed by atoms with Crippen LogP contribution in [0.3, 0.4) is 0 Å². The maximum atomic E-state index is 11.8. The van der Waals surface area contributed by atoms with Crippen LogP contribution in [0.15, 0.2) is 53.0 Å². The molecule has 0 spiro atoms. The Morgan fingerprint density at radius 3 is 2.65 bits per heavy atom. The van der Waals surface area contributed by atoms with Gasteiger partial charge in [0.25, 0.3) is 5.91 Å². The monoisotopic (exact) mass is 334 g/mol. The first-order valence-electron chi connectivity index (χ1n) is 6.15. The average molecular weight is 335 g/mol. The Morgan fingerprint density at radius 2 is 1.95 bits per heavy atom. The van der Waals surface area contributed by atoms with Crippen molar-refractivity contribution in [2.75, 3.05) is 11.9 Å². The molecular formula is C15H15BrN2O2. The van der Waals surface area contributed by atoms with Gasteiger partial charge < -0.3 is 15.8 Å². The summed E-state index contributed by atoms with van der Waals surface area (Å²) in [6.07, 6.45) is 0. The van der Waals surface area contributed by atoms with Gasteiger partial charge in [-0.25, -0.2) is 0 Å². The highest BCUT2D eigenvalue weighted by Gasteiger charge is 2.07. The van der Waals surface area contributed by atoms with Crippen molar-refractivity contribution in [1.29, 1.82) is 0 Å². The number of rotatable bonds is 5. The predicted octanol–water partition coefficient (Wildman–Crippen LogP) is 2.93. The van der Waals surface area contributed by atoms with Crippen molar-refractivity contribution in [2.24, 2.45) is 5.73 Å². The number of hydrogen-bond acceptors (Lipinski definition) is 3. The zero-order valence-electron chi connectivity index (χ0n) is 10.8. The SMILES string of the molecule is NCc1cc(Br)ccc1OCC(=O)Nc1ccccc1. The quantitative estimate of drug-likeness (QED) is 0.883. The van der Waals surface area contributed by atoms with Gasteiger partial charge in [0.2, 0.25) is 0 Å². The second-order valence-corrected chi connectivity index (χ2v) is 5.07. The Balaban J connectivity index is 1.93. The molecule has 0 saturated carbocycles. The van der Waals surface area contributed by atoms with E-state index in [0.29, 0.717) is 12.3 Å². The highest BCUT2D eigenvalue weighted by Crippen LogP contribution is 2.22. The highest BCUT2D eigenvalue weighted by atomic mass is 79.9. The zero-order chi connectivity index (χ0) is 14.4. The van der Waals surface area contributed by atoms with E-state index in [-0.39, 0.29) is 12.5 Å². The van der Waals surface area contributed by atoms with E-state index >= 15 is 0 Å². The first-order valence-corrected chi connectivity index (χ1v) is 6.94. The fourth-order valence-electron chi connectivity index (χ4n) is 1.71. The lowest BCUT2D eigenvalue weighted by molar-refractivity contribution is -0.118. The smallest absolute Gasteiger partial charge is 0.262 e. The van der Waals surface area contributed by atoms with Gasteiger partial charge in [-0.1, -0.05) is 34.1 Å². The summed E-state index contributed by atoms with van der Waals surface area (Å²) >= 11 is 3.37. The van der Waals surface area contributed by atoms with Gasteiger partial charge in [0.05, 0.1) is 0 Å². The Bertz CT molecular complexity index is 588. The van der Waals surface area contributed by atoms with Crippen LogP contribution in [-0.4, -0.2) is 12.5 Å². The van der Waals surface area contributed by atoms with Crippen molar-refractivity contribution < 1.29 is 9.53 Å². The molecule has 0 bridgehead atoms. The molecule has 20 heavy (non-hydrogen) atoms. The third kappa shape index (κ3) is 4.08. The van der Waals surface area contributed by atoms with E-state index in [9.17, 15) is 4.79 Å². The Labute approximate surface area is 126 Å². The van der Waals surface area contributed by atoms with Gasteiger partial charge in [0.1, 0.15) is 5.75 Å². The number of amides is 1. The number of benzene rings is 2. The maximum Gasteiger partial charge on any atom is 0.262 e. The molecule has 2 rings (SSSR count). The molecular weight excluding hydrogens is 320 g/mol. The number of anilines is 1. The number of nitrogens with one attached hydrogen (secondary N) is 1. The summed E-state index contributed by atoms with van der Waals surface area (Å²) in [7, 11) is 0. The second kappa shape index (κ2) is 7.07. The van der Waals surface area contributed by atoms with Crippen LogP contribution < -0.4 is 15.8 Å². The van der Waals surface area contributed by atoms with Crippen molar-refractivity contribution in [3.05, 3.63) is 58.6 Å². The van der Waals surface area contributed by atoms with Crippen molar-refractivity contribution in [3.8, 4) is 5.75 Å². The van der Waals surface area contributed by atoms with E-state index in [1.54, 1.807) is 6.07 Å². The molecule has 5 heteroatoms. The summed E-state index contributed by atoms with van der Waals surface area (Å²) in [4.78, 5) is 11.8. The number of hydrogen-bond donors (Lipinski definition) is 2. The van der Waals surface area contributed by atoms with Crippen molar-refractivity contribution in [1.82, 2.24) is 0 Å². The van der Waals surface area contributed by atoms with Crippen LogP contribution in [0, 0.1) is 0 Å². The van der Waals surface area contributed by atoms with Crippen LogP contribution in [0.1, 0.15) is 5.56 Å². The first-order chi connectivity index (χ1) is 9.69. The lowest BCUT2D eigenvalue weighted by Crippen LogP contribution is -2.20. The number of para-hydroxylation sites is 1. The number of carbonyl (C=O) groups excluding carboxylic acids is 1. The van der Waals surface area contributed by atoms with Gasteiger partial charge >= 0.3 is 0 Å². The van der Waals surface area contributed by atoms with Gasteiger partial charge in [-0.2, -0.15) is 0 Å². The molecule has 4 nitrogen and oxygen atoms in total. The molecule has 2 aromatic carbocycles. The molecule has 0 heterocycles. The fourth-order valence-corrected chi connectivity index (χ4v) is 2.12. The molecule has 3 N–H and O–H groups in total. The molecule has 2 aromatic rings. The Morgan fingerprint density at radius 1 is 1.20 bits per heavy atom. The standard InChI is InChI=1S/C15H15BrN2O2/c16-12-6-7-14(11(8-12)9-17)20-10-15(19)18-13-4-2-1-3-5-13/h1-8H,9-10,17H2,(H,18,19). The molecule has 0 aliphatic rings. The number of carbonyl (C=O) groups is 1. The molecule has 104 valence electrons. The van der Waals surface area contributed by atoms with Gasteiger partial charge in [0, 0.05) is 22.3 Å². The second-order valence-electron chi connectivity index (χ2n) is 4.16. The average Bonchev–Trinajstić information content (AvgIpc) is 2.47. The lowest BCUT2D eigenvalue weighted by atomic mass is 10.2. The molecule has 1 amide bonds. The third-order valence-corrected chi connectivity index (χ3v) is 3.15. The summed E-state index contributed by atoms with van der Waals surface area (Å²) < 4.78 is 6.43. The largest absolute Gasteiger partial charge is 0.483 e. The van der Waals surface area contributed by atoms with Crippen LogP contribution in [0.2, 0.25) is 0 Å². The fraction of sp³-hybridized carbons (Fsp3) is 0.133. The van der Waals surface area contributed by atoms with Gasteiger partial charge in [-0.05, 0) is 30.3 Å². The van der Waals surface area contributed by atoms with Crippen LogP contribution in [0.4, 0.5) is 5.69 Å². The summed E-state index contributed by atoms with van der Waals surface area (Å²) in [5, 5.41) is 2.76. The Kier molecular flexibility index (Phi) is 5.15. The minimum absolute atomic E-state index is 0.0521. The van der Waals surface area contributed by atoms with Crippen LogP contribution in [0.25, 0.3) is 0 Å². The van der Waals surface area contributed by atoms with E-state index in [4.69, 9.17) is 10.5 Å². The normalized spacial score (nSPS) is 10.1. The molecule has 0 saturated heterocycles. The summed E-state index contributed by atoms with van der Waals surface area (Å²) in [5.41, 5.74) is 7.25. The summed E-state index contributed by atoms with van der Waals surface area (Å²) in [6, 6.07) is 14.8. The van der Waals surface area contributed by atoms with E-state index in [2.05, 4.69) is 21.2 Å². The lowest BCUT2D eigenvalue weighted by Gasteiger charge is -2.11. The van der Waals surface area contributed by atoms with E-state index in [1.165, 1.54) is 0 Å². The summed E-state index contributed by atoms with van der Waals surface area (Å²) in [6.45, 7) is 0.304. The minimum Gasteiger partial charge on any atom is -0.483 e. The topological polar surface area (TPSA) is 64.3 Å². The van der Waals surface area contributed by atoms with E-state index < -0.39 is 0 Å².